The van der Waals surface area contributed by atoms with Crippen LogP contribution in [-0.4, -0.2) is 30.0 Å². The number of hydrogen-bond donors (Lipinski definition) is 1. The fraction of sp³-hybridized carbons (Fsp3) is 0.381. The van der Waals surface area contributed by atoms with Gasteiger partial charge in [-0.3, -0.25) is 9.69 Å². The van der Waals surface area contributed by atoms with Crippen molar-refractivity contribution in [2.45, 2.75) is 38.5 Å². The molecule has 2 aromatic rings. The molecule has 1 saturated heterocycles. The average molecular weight is 371 g/mol. The molecule has 0 saturated carbocycles. The molecule has 2 aromatic carbocycles. The van der Waals surface area contributed by atoms with E-state index in [9.17, 15) is 4.79 Å². The highest BCUT2D eigenvalue weighted by Crippen LogP contribution is 2.31. The van der Waals surface area contributed by atoms with E-state index in [2.05, 4.69) is 28.4 Å². The highest BCUT2D eigenvalue weighted by molar-refractivity contribution is 6.30. The third-order valence-electron chi connectivity index (χ3n) is 5.15. The Balaban J connectivity index is 1.36. The Hall–Kier alpha value is -2.04. The first-order chi connectivity index (χ1) is 12.7. The predicted molar refractivity (Wildman–Crippen MR) is 102 cm³/mol. The van der Waals surface area contributed by atoms with Gasteiger partial charge < -0.3 is 10.1 Å². The van der Waals surface area contributed by atoms with Crippen LogP contribution >= 0.6 is 11.6 Å². The van der Waals surface area contributed by atoms with Crippen LogP contribution in [0.1, 0.15) is 29.5 Å². The van der Waals surface area contributed by atoms with Gasteiger partial charge in [0.25, 0.3) is 5.91 Å². The SMILES string of the molecule is O=C(NCc1ccccc1CN1CCCC1)[C@@H]1Cc2cc(Cl)ccc2O1. The summed E-state index contributed by atoms with van der Waals surface area (Å²) in [5.74, 6) is 0.678. The number of ether oxygens (including phenoxy) is 1. The van der Waals surface area contributed by atoms with E-state index >= 15 is 0 Å². The van der Waals surface area contributed by atoms with Crippen LogP contribution in [0.5, 0.6) is 5.75 Å². The van der Waals surface area contributed by atoms with Crippen LogP contribution < -0.4 is 10.1 Å². The second kappa shape index (κ2) is 7.68. The molecule has 4 rings (SSSR count). The topological polar surface area (TPSA) is 41.6 Å². The van der Waals surface area contributed by atoms with Gasteiger partial charge in [0.05, 0.1) is 0 Å². The van der Waals surface area contributed by atoms with E-state index < -0.39 is 6.10 Å². The molecule has 0 radical (unpaired) electrons. The summed E-state index contributed by atoms with van der Waals surface area (Å²) in [7, 11) is 0. The standard InChI is InChI=1S/C21H23ClN2O2/c22-18-7-8-19-17(11-18)12-20(26-19)21(25)23-13-15-5-1-2-6-16(15)14-24-9-3-4-10-24/h1-2,5-8,11,20H,3-4,9-10,12-14H2,(H,23,25)/t20-/m0/s1. The molecule has 1 N–H and O–H groups in total. The van der Waals surface area contributed by atoms with Crippen molar-refractivity contribution in [2.24, 2.45) is 0 Å². The maximum absolute atomic E-state index is 12.5. The van der Waals surface area contributed by atoms with Crippen molar-refractivity contribution in [1.82, 2.24) is 10.2 Å². The number of carbonyl (C=O) groups is 1. The highest BCUT2D eigenvalue weighted by Gasteiger charge is 2.29. The Labute approximate surface area is 159 Å². The third-order valence-corrected chi connectivity index (χ3v) is 5.39. The summed E-state index contributed by atoms with van der Waals surface area (Å²) in [5, 5.41) is 3.71. The molecule has 2 aliphatic heterocycles. The highest BCUT2D eigenvalue weighted by atomic mass is 35.5. The fourth-order valence-electron chi connectivity index (χ4n) is 3.73. The Morgan fingerprint density at radius 1 is 1.15 bits per heavy atom. The summed E-state index contributed by atoms with van der Waals surface area (Å²) >= 11 is 6.02. The van der Waals surface area contributed by atoms with E-state index in [4.69, 9.17) is 16.3 Å². The van der Waals surface area contributed by atoms with Gasteiger partial charge in [-0.25, -0.2) is 0 Å². The van der Waals surface area contributed by atoms with Crippen LogP contribution in [0.2, 0.25) is 5.02 Å². The van der Waals surface area contributed by atoms with Crippen molar-refractivity contribution in [1.29, 1.82) is 0 Å². The van der Waals surface area contributed by atoms with Gasteiger partial charge in [0.1, 0.15) is 5.75 Å². The van der Waals surface area contributed by atoms with E-state index in [1.54, 1.807) is 6.07 Å². The van der Waals surface area contributed by atoms with Gasteiger partial charge in [0, 0.05) is 24.5 Å². The monoisotopic (exact) mass is 370 g/mol. The number of carbonyl (C=O) groups excluding carboxylic acids is 1. The Bertz CT molecular complexity index is 802. The summed E-state index contributed by atoms with van der Waals surface area (Å²) in [4.78, 5) is 15.0. The van der Waals surface area contributed by atoms with Gasteiger partial charge in [-0.2, -0.15) is 0 Å². The minimum Gasteiger partial charge on any atom is -0.480 e. The number of nitrogens with zero attached hydrogens (tertiary/aromatic N) is 1. The summed E-state index contributed by atoms with van der Waals surface area (Å²) in [5.41, 5.74) is 3.45. The third kappa shape index (κ3) is 3.87. The molecule has 1 fully saturated rings. The quantitative estimate of drug-likeness (QED) is 0.875. The maximum Gasteiger partial charge on any atom is 0.261 e. The molecule has 2 aliphatic rings. The zero-order chi connectivity index (χ0) is 17.9. The number of likely N-dealkylation sites (tertiary alicyclic amines) is 1. The second-order valence-electron chi connectivity index (χ2n) is 7.03. The lowest BCUT2D eigenvalue weighted by Crippen LogP contribution is -2.37. The fourth-order valence-corrected chi connectivity index (χ4v) is 3.92. The molecule has 0 unspecified atom stereocenters. The van der Waals surface area contributed by atoms with Crippen LogP contribution in [0, 0.1) is 0 Å². The summed E-state index contributed by atoms with van der Waals surface area (Å²) < 4.78 is 5.77. The molecule has 1 atom stereocenters. The Kier molecular flexibility index (Phi) is 5.14. The van der Waals surface area contributed by atoms with Crippen LogP contribution in [-0.2, 0) is 24.3 Å². The summed E-state index contributed by atoms with van der Waals surface area (Å²) in [6, 6.07) is 13.8. The van der Waals surface area contributed by atoms with E-state index in [-0.39, 0.29) is 5.91 Å². The van der Waals surface area contributed by atoms with E-state index in [0.717, 1.165) is 30.9 Å². The van der Waals surface area contributed by atoms with Crippen LogP contribution in [0.15, 0.2) is 42.5 Å². The zero-order valence-electron chi connectivity index (χ0n) is 14.7. The predicted octanol–water partition coefficient (Wildman–Crippen LogP) is 3.56. The lowest BCUT2D eigenvalue weighted by atomic mass is 10.1. The Morgan fingerprint density at radius 2 is 1.92 bits per heavy atom. The number of benzene rings is 2. The Morgan fingerprint density at radius 3 is 2.73 bits per heavy atom. The summed E-state index contributed by atoms with van der Waals surface area (Å²) in [6.07, 6.45) is 2.65. The van der Waals surface area contributed by atoms with Gasteiger partial charge in [0.2, 0.25) is 0 Å². The van der Waals surface area contributed by atoms with E-state index in [1.807, 2.05) is 18.2 Å². The first-order valence-corrected chi connectivity index (χ1v) is 9.59. The molecule has 0 spiro atoms. The number of amides is 1. The number of hydrogen-bond acceptors (Lipinski definition) is 3. The van der Waals surface area contributed by atoms with Gasteiger partial charge in [-0.15, -0.1) is 0 Å². The number of nitrogens with one attached hydrogen (secondary N) is 1. The minimum absolute atomic E-state index is 0.0756. The lowest BCUT2D eigenvalue weighted by molar-refractivity contribution is -0.127. The van der Waals surface area contributed by atoms with Crippen LogP contribution in [0.4, 0.5) is 0 Å². The first-order valence-electron chi connectivity index (χ1n) is 9.21. The smallest absolute Gasteiger partial charge is 0.261 e. The molecular weight excluding hydrogens is 348 g/mol. The van der Waals surface area contributed by atoms with E-state index in [0.29, 0.717) is 18.0 Å². The molecule has 0 aliphatic carbocycles. The van der Waals surface area contributed by atoms with Crippen molar-refractivity contribution >= 4 is 17.5 Å². The average Bonchev–Trinajstić information content (AvgIpc) is 3.30. The summed E-state index contributed by atoms with van der Waals surface area (Å²) in [6.45, 7) is 3.81. The van der Waals surface area contributed by atoms with Crippen molar-refractivity contribution in [3.05, 3.63) is 64.2 Å². The van der Waals surface area contributed by atoms with Crippen LogP contribution in [0.25, 0.3) is 0 Å². The minimum atomic E-state index is -0.478. The van der Waals surface area contributed by atoms with Crippen molar-refractivity contribution in [3.63, 3.8) is 0 Å². The van der Waals surface area contributed by atoms with Gasteiger partial charge in [-0.1, -0.05) is 35.9 Å². The molecule has 26 heavy (non-hydrogen) atoms. The van der Waals surface area contributed by atoms with E-state index in [1.165, 1.54) is 24.0 Å². The van der Waals surface area contributed by atoms with Gasteiger partial charge in [-0.05, 0) is 60.8 Å². The molecule has 2 heterocycles. The molecular formula is C21H23ClN2O2. The number of rotatable bonds is 5. The molecule has 0 aromatic heterocycles. The van der Waals surface area contributed by atoms with Crippen molar-refractivity contribution < 1.29 is 9.53 Å². The van der Waals surface area contributed by atoms with Gasteiger partial charge in [0.15, 0.2) is 6.10 Å². The number of fused-ring (bicyclic) bond motifs is 1. The maximum atomic E-state index is 12.5. The largest absolute Gasteiger partial charge is 0.480 e. The van der Waals surface area contributed by atoms with Crippen LogP contribution in [0.3, 0.4) is 0 Å². The van der Waals surface area contributed by atoms with Crippen molar-refractivity contribution in [3.8, 4) is 5.75 Å². The zero-order valence-corrected chi connectivity index (χ0v) is 15.5. The number of halogens is 1. The second-order valence-corrected chi connectivity index (χ2v) is 7.47. The normalized spacial score (nSPS) is 19.2. The molecule has 5 heteroatoms. The lowest BCUT2D eigenvalue weighted by Gasteiger charge is -2.18. The van der Waals surface area contributed by atoms with Crippen molar-refractivity contribution in [2.75, 3.05) is 13.1 Å². The first kappa shape index (κ1) is 17.4. The van der Waals surface area contributed by atoms with Gasteiger partial charge >= 0.3 is 0 Å². The molecule has 0 bridgehead atoms. The molecule has 4 nitrogen and oxygen atoms in total. The molecule has 1 amide bonds. The molecule has 136 valence electrons.